The average molecular weight is 392 g/mol. The Balaban J connectivity index is 1.54. The second-order valence-electron chi connectivity index (χ2n) is 6.53. The monoisotopic (exact) mass is 392 g/mol. The fourth-order valence-corrected chi connectivity index (χ4v) is 3.02. The molecular formula is C24H24O5. The summed E-state index contributed by atoms with van der Waals surface area (Å²) in [6, 6.07) is 24.2. The largest absolute Gasteiger partial charge is 0.497 e. The summed E-state index contributed by atoms with van der Waals surface area (Å²) in [5.41, 5.74) is 1.70. The maximum atomic E-state index is 11.7. The molecule has 5 heteroatoms. The van der Waals surface area contributed by atoms with Crippen LogP contribution in [0.25, 0.3) is 0 Å². The van der Waals surface area contributed by atoms with E-state index in [0.717, 1.165) is 22.6 Å². The Morgan fingerprint density at radius 2 is 1.48 bits per heavy atom. The SMILES string of the molecule is COc1ccc(OCCOc2cccc(CC(C(=O)O)c3ccccc3)c2)cc1. The van der Waals surface area contributed by atoms with Crippen molar-refractivity contribution in [3.8, 4) is 17.2 Å². The Kier molecular flexibility index (Phi) is 7.11. The summed E-state index contributed by atoms with van der Waals surface area (Å²) < 4.78 is 16.5. The number of hydrogen-bond acceptors (Lipinski definition) is 4. The minimum atomic E-state index is -0.838. The molecule has 0 bridgehead atoms. The topological polar surface area (TPSA) is 65.0 Å². The molecule has 0 spiro atoms. The standard InChI is InChI=1S/C24H24O5/c1-27-20-10-12-21(13-11-20)28-14-15-29-22-9-5-6-18(16-22)17-23(24(25)26)19-7-3-2-4-8-19/h2-13,16,23H,14-15,17H2,1H3,(H,25,26). The first-order chi connectivity index (χ1) is 14.2. The molecule has 1 N–H and O–H groups in total. The van der Waals surface area contributed by atoms with E-state index in [1.165, 1.54) is 0 Å². The smallest absolute Gasteiger partial charge is 0.311 e. The van der Waals surface area contributed by atoms with Gasteiger partial charge < -0.3 is 19.3 Å². The Labute approximate surface area is 170 Å². The Morgan fingerprint density at radius 3 is 2.14 bits per heavy atom. The minimum Gasteiger partial charge on any atom is -0.497 e. The molecule has 0 aliphatic carbocycles. The van der Waals surface area contributed by atoms with Gasteiger partial charge in [-0.05, 0) is 53.9 Å². The van der Waals surface area contributed by atoms with Crippen molar-refractivity contribution >= 4 is 5.97 Å². The third-order valence-corrected chi connectivity index (χ3v) is 4.52. The molecule has 150 valence electrons. The molecule has 0 aliphatic rings. The summed E-state index contributed by atoms with van der Waals surface area (Å²) in [6.45, 7) is 0.787. The van der Waals surface area contributed by atoms with Crippen LogP contribution in [-0.2, 0) is 11.2 Å². The van der Waals surface area contributed by atoms with Crippen LogP contribution < -0.4 is 14.2 Å². The van der Waals surface area contributed by atoms with Gasteiger partial charge in [-0.3, -0.25) is 4.79 Å². The molecule has 3 aromatic rings. The lowest BCUT2D eigenvalue weighted by atomic mass is 9.92. The van der Waals surface area contributed by atoms with Crippen molar-refractivity contribution in [3.05, 3.63) is 90.0 Å². The number of carboxylic acid groups (broad SMARTS) is 1. The minimum absolute atomic E-state index is 0.385. The molecule has 1 unspecified atom stereocenters. The highest BCUT2D eigenvalue weighted by atomic mass is 16.5. The molecule has 3 rings (SSSR count). The third kappa shape index (κ3) is 6.01. The number of methoxy groups -OCH3 is 1. The Morgan fingerprint density at radius 1 is 0.828 bits per heavy atom. The van der Waals surface area contributed by atoms with Crippen molar-refractivity contribution in [2.24, 2.45) is 0 Å². The van der Waals surface area contributed by atoms with Crippen LogP contribution in [0, 0.1) is 0 Å². The van der Waals surface area contributed by atoms with Gasteiger partial charge >= 0.3 is 5.97 Å². The summed E-state index contributed by atoms with van der Waals surface area (Å²) in [4.78, 5) is 11.7. The quantitative estimate of drug-likeness (QED) is 0.512. The number of ether oxygens (including phenoxy) is 3. The van der Waals surface area contributed by atoms with E-state index in [2.05, 4.69) is 0 Å². The lowest BCUT2D eigenvalue weighted by Gasteiger charge is -2.14. The highest BCUT2D eigenvalue weighted by molar-refractivity contribution is 5.76. The van der Waals surface area contributed by atoms with E-state index >= 15 is 0 Å². The normalized spacial score (nSPS) is 11.5. The first kappa shape index (κ1) is 20.3. The number of carbonyl (C=O) groups is 1. The molecular weight excluding hydrogens is 368 g/mol. The van der Waals surface area contributed by atoms with Gasteiger partial charge in [0.05, 0.1) is 13.0 Å². The zero-order valence-corrected chi connectivity index (χ0v) is 16.3. The van der Waals surface area contributed by atoms with Crippen LogP contribution in [0.15, 0.2) is 78.9 Å². The Bertz CT molecular complexity index is 906. The van der Waals surface area contributed by atoms with Crippen LogP contribution in [0.3, 0.4) is 0 Å². The van der Waals surface area contributed by atoms with Gasteiger partial charge in [0, 0.05) is 0 Å². The van der Waals surface area contributed by atoms with E-state index in [0.29, 0.717) is 25.4 Å². The van der Waals surface area contributed by atoms with Crippen molar-refractivity contribution in [2.75, 3.05) is 20.3 Å². The Hall–Kier alpha value is -3.47. The zero-order valence-electron chi connectivity index (χ0n) is 16.3. The number of benzene rings is 3. The second kappa shape index (κ2) is 10.2. The van der Waals surface area contributed by atoms with Gasteiger partial charge in [0.25, 0.3) is 0 Å². The first-order valence-corrected chi connectivity index (χ1v) is 9.42. The lowest BCUT2D eigenvalue weighted by molar-refractivity contribution is -0.138. The van der Waals surface area contributed by atoms with Crippen molar-refractivity contribution < 1.29 is 24.1 Å². The number of rotatable bonds is 10. The molecule has 0 fully saturated rings. The van der Waals surface area contributed by atoms with Crippen LogP contribution in [0.2, 0.25) is 0 Å². The molecule has 3 aromatic carbocycles. The van der Waals surface area contributed by atoms with Gasteiger partial charge in [0.1, 0.15) is 30.5 Å². The van der Waals surface area contributed by atoms with Crippen LogP contribution in [0.1, 0.15) is 17.0 Å². The molecule has 0 amide bonds. The molecule has 0 saturated heterocycles. The molecule has 0 radical (unpaired) electrons. The summed E-state index contributed by atoms with van der Waals surface area (Å²) in [7, 11) is 1.62. The molecule has 5 nitrogen and oxygen atoms in total. The molecule has 0 aromatic heterocycles. The van der Waals surface area contributed by atoms with E-state index in [1.54, 1.807) is 7.11 Å². The summed E-state index contributed by atoms with van der Waals surface area (Å²) in [5, 5.41) is 9.62. The van der Waals surface area contributed by atoms with Gasteiger partial charge in [-0.15, -0.1) is 0 Å². The van der Waals surface area contributed by atoms with E-state index in [-0.39, 0.29) is 0 Å². The molecule has 0 aliphatic heterocycles. The van der Waals surface area contributed by atoms with Gasteiger partial charge in [0.2, 0.25) is 0 Å². The number of carboxylic acids is 1. The predicted octanol–water partition coefficient (Wildman–Crippen LogP) is 4.56. The van der Waals surface area contributed by atoms with E-state index in [9.17, 15) is 9.90 Å². The fraction of sp³-hybridized carbons (Fsp3) is 0.208. The van der Waals surface area contributed by atoms with E-state index in [1.807, 2.05) is 78.9 Å². The maximum absolute atomic E-state index is 11.7. The fourth-order valence-electron chi connectivity index (χ4n) is 3.02. The number of hydrogen-bond donors (Lipinski definition) is 1. The van der Waals surface area contributed by atoms with Gasteiger partial charge in [-0.2, -0.15) is 0 Å². The van der Waals surface area contributed by atoms with Gasteiger partial charge in [-0.25, -0.2) is 0 Å². The van der Waals surface area contributed by atoms with Crippen molar-refractivity contribution in [2.45, 2.75) is 12.3 Å². The third-order valence-electron chi connectivity index (χ3n) is 4.52. The first-order valence-electron chi connectivity index (χ1n) is 9.42. The molecule has 0 heterocycles. The zero-order chi connectivity index (χ0) is 20.5. The lowest BCUT2D eigenvalue weighted by Crippen LogP contribution is -2.14. The van der Waals surface area contributed by atoms with Crippen LogP contribution >= 0.6 is 0 Å². The van der Waals surface area contributed by atoms with Crippen molar-refractivity contribution in [3.63, 3.8) is 0 Å². The highest BCUT2D eigenvalue weighted by Crippen LogP contribution is 2.24. The van der Waals surface area contributed by atoms with Crippen LogP contribution in [0.4, 0.5) is 0 Å². The molecule has 0 saturated carbocycles. The number of aliphatic carboxylic acids is 1. The second-order valence-corrected chi connectivity index (χ2v) is 6.53. The van der Waals surface area contributed by atoms with Crippen molar-refractivity contribution in [1.29, 1.82) is 0 Å². The maximum Gasteiger partial charge on any atom is 0.311 e. The van der Waals surface area contributed by atoms with Crippen LogP contribution in [-0.4, -0.2) is 31.4 Å². The summed E-state index contributed by atoms with van der Waals surface area (Å²) >= 11 is 0. The van der Waals surface area contributed by atoms with Crippen LogP contribution in [0.5, 0.6) is 17.2 Å². The average Bonchev–Trinajstić information content (AvgIpc) is 2.76. The van der Waals surface area contributed by atoms with Crippen molar-refractivity contribution in [1.82, 2.24) is 0 Å². The van der Waals surface area contributed by atoms with E-state index in [4.69, 9.17) is 14.2 Å². The summed E-state index contributed by atoms with van der Waals surface area (Å²) in [6.07, 6.45) is 0.402. The van der Waals surface area contributed by atoms with E-state index < -0.39 is 11.9 Å². The predicted molar refractivity (Wildman–Crippen MR) is 111 cm³/mol. The van der Waals surface area contributed by atoms with Gasteiger partial charge in [0.15, 0.2) is 0 Å². The molecule has 1 atom stereocenters. The van der Waals surface area contributed by atoms with Gasteiger partial charge in [-0.1, -0.05) is 42.5 Å². The highest BCUT2D eigenvalue weighted by Gasteiger charge is 2.20. The summed E-state index contributed by atoms with van der Waals surface area (Å²) in [5.74, 6) is 0.786. The molecule has 29 heavy (non-hydrogen) atoms.